The van der Waals surface area contributed by atoms with Crippen LogP contribution in [0, 0.1) is 0 Å². The van der Waals surface area contributed by atoms with E-state index in [4.69, 9.17) is 14.7 Å². The summed E-state index contributed by atoms with van der Waals surface area (Å²) in [5.41, 5.74) is 0.807. The van der Waals surface area contributed by atoms with E-state index in [1.165, 1.54) is 0 Å². The fourth-order valence-corrected chi connectivity index (χ4v) is 1.77. The highest BCUT2D eigenvalue weighted by Crippen LogP contribution is 2.36. The molecule has 0 aliphatic carbocycles. The summed E-state index contributed by atoms with van der Waals surface area (Å²) in [6.07, 6.45) is -2.24. The zero-order valence-electron chi connectivity index (χ0n) is 11.2. The van der Waals surface area contributed by atoms with Crippen LogP contribution in [-0.2, 0) is 20.7 Å². The predicted molar refractivity (Wildman–Crippen MR) is 74.6 cm³/mol. The van der Waals surface area contributed by atoms with Gasteiger partial charge in [0.15, 0.2) is 0 Å². The summed E-state index contributed by atoms with van der Waals surface area (Å²) < 4.78 is 15.9. The Morgan fingerprint density at radius 3 is 2.48 bits per heavy atom. The van der Waals surface area contributed by atoms with Crippen molar-refractivity contribution in [3.63, 3.8) is 0 Å². The summed E-state index contributed by atoms with van der Waals surface area (Å²) in [5, 5.41) is 12.9. The molecule has 0 aliphatic rings. The molecule has 0 fully saturated rings. The monoisotopic (exact) mass is 316 g/mol. The second kappa shape index (κ2) is 8.41. The highest BCUT2D eigenvalue weighted by molar-refractivity contribution is 7.57. The molecule has 1 atom stereocenters. The summed E-state index contributed by atoms with van der Waals surface area (Å²) in [7, 11) is -3.75. The molecule has 0 aliphatic heterocycles. The van der Waals surface area contributed by atoms with Gasteiger partial charge in [-0.3, -0.25) is 9.36 Å². The zero-order valence-corrected chi connectivity index (χ0v) is 12.1. The number of rotatable bonds is 7. The number of amides is 2. The maximum atomic E-state index is 11.3. The zero-order chi connectivity index (χ0) is 15.7. The fraction of sp³-hybridized carbons (Fsp3) is 0.333. The normalized spacial score (nSPS) is 13.0. The molecule has 1 aromatic carbocycles. The molecule has 0 aromatic heterocycles. The Labute approximate surface area is 121 Å². The lowest BCUT2D eigenvalue weighted by Gasteiger charge is -2.10. The number of alkyl carbamates (subject to hydrolysis) is 1. The van der Waals surface area contributed by atoms with Gasteiger partial charge in [0.25, 0.3) is 0 Å². The van der Waals surface area contributed by atoms with Crippen LogP contribution in [0.2, 0.25) is 0 Å². The van der Waals surface area contributed by atoms with Crippen LogP contribution in [0.15, 0.2) is 30.3 Å². The lowest BCUT2D eigenvalue weighted by molar-refractivity contribution is -0.119. The van der Waals surface area contributed by atoms with Crippen molar-refractivity contribution in [3.05, 3.63) is 35.9 Å². The van der Waals surface area contributed by atoms with E-state index in [1.807, 2.05) is 6.07 Å². The van der Waals surface area contributed by atoms with Gasteiger partial charge in [-0.25, -0.2) is 4.79 Å². The number of benzene rings is 1. The lowest BCUT2D eigenvalue weighted by Crippen LogP contribution is -2.37. The molecule has 0 spiro atoms. The van der Waals surface area contributed by atoms with Crippen molar-refractivity contribution in [2.24, 2.45) is 0 Å². The molecular weight excluding hydrogens is 299 g/mol. The van der Waals surface area contributed by atoms with Gasteiger partial charge in [0, 0.05) is 0 Å². The van der Waals surface area contributed by atoms with Crippen molar-refractivity contribution in [2.75, 3.05) is 19.2 Å². The van der Waals surface area contributed by atoms with Crippen LogP contribution in [0.5, 0.6) is 0 Å². The van der Waals surface area contributed by atoms with Gasteiger partial charge in [-0.05, 0) is 5.56 Å². The number of ether oxygens (including phenoxy) is 1. The molecule has 116 valence electrons. The number of hydrogen-bond acceptors (Lipinski definition) is 5. The minimum Gasteiger partial charge on any atom is -0.445 e. The molecular formula is C12H17N2O6P. The van der Waals surface area contributed by atoms with Gasteiger partial charge in [-0.15, -0.1) is 0 Å². The van der Waals surface area contributed by atoms with Crippen LogP contribution in [0.3, 0.4) is 0 Å². The molecule has 4 N–H and O–H groups in total. The molecule has 0 saturated carbocycles. The molecule has 0 radical (unpaired) electrons. The first-order chi connectivity index (χ1) is 9.93. The first-order valence-corrected chi connectivity index (χ1v) is 8.09. The fourth-order valence-electron chi connectivity index (χ4n) is 1.25. The summed E-state index contributed by atoms with van der Waals surface area (Å²) in [6, 6.07) is 9.01. The lowest BCUT2D eigenvalue weighted by atomic mass is 10.2. The van der Waals surface area contributed by atoms with Crippen molar-refractivity contribution in [1.29, 1.82) is 0 Å². The van der Waals surface area contributed by atoms with E-state index in [0.717, 1.165) is 5.56 Å². The van der Waals surface area contributed by atoms with Gasteiger partial charge < -0.3 is 25.4 Å². The van der Waals surface area contributed by atoms with Crippen molar-refractivity contribution in [1.82, 2.24) is 10.6 Å². The number of aliphatic hydroxyl groups excluding tert-OH is 1. The standard InChI is InChI=1S/C12H17N2O6P/c15-9-21(18,19)8-14-11(16)6-13-12(17)20-7-10-4-2-1-3-5-10/h1-5,15H,6-9H2,(H,13,17)(H,14,16)(H,18,19). The largest absolute Gasteiger partial charge is 0.445 e. The van der Waals surface area contributed by atoms with E-state index >= 15 is 0 Å². The van der Waals surface area contributed by atoms with Gasteiger partial charge in [-0.1, -0.05) is 30.3 Å². The minimum atomic E-state index is -3.75. The number of aliphatic hydroxyl groups is 1. The molecule has 1 aromatic rings. The summed E-state index contributed by atoms with van der Waals surface area (Å²) >= 11 is 0. The van der Waals surface area contributed by atoms with E-state index in [9.17, 15) is 14.2 Å². The van der Waals surface area contributed by atoms with E-state index in [2.05, 4.69) is 10.6 Å². The highest BCUT2D eigenvalue weighted by Gasteiger charge is 2.17. The van der Waals surface area contributed by atoms with Gasteiger partial charge in [0.1, 0.15) is 19.5 Å². The smallest absolute Gasteiger partial charge is 0.407 e. The molecule has 0 bridgehead atoms. The maximum Gasteiger partial charge on any atom is 0.407 e. The van der Waals surface area contributed by atoms with Gasteiger partial charge in [0.05, 0.1) is 6.29 Å². The third kappa shape index (κ3) is 7.45. The molecule has 1 unspecified atom stereocenters. The topological polar surface area (TPSA) is 125 Å². The van der Waals surface area contributed by atoms with Crippen LogP contribution >= 0.6 is 7.37 Å². The average Bonchev–Trinajstić information content (AvgIpc) is 2.50. The summed E-state index contributed by atoms with van der Waals surface area (Å²) in [6.45, 7) is -0.316. The third-order valence-electron chi connectivity index (χ3n) is 2.35. The van der Waals surface area contributed by atoms with Crippen molar-refractivity contribution < 1.29 is 28.9 Å². The maximum absolute atomic E-state index is 11.3. The van der Waals surface area contributed by atoms with Crippen molar-refractivity contribution >= 4 is 19.4 Å². The van der Waals surface area contributed by atoms with E-state index in [0.29, 0.717) is 0 Å². The van der Waals surface area contributed by atoms with Crippen molar-refractivity contribution in [2.45, 2.75) is 6.61 Å². The van der Waals surface area contributed by atoms with Crippen LogP contribution in [0.1, 0.15) is 5.56 Å². The second-order valence-corrected chi connectivity index (χ2v) is 6.45. The molecule has 0 saturated heterocycles. The Bertz CT molecular complexity index is 522. The van der Waals surface area contributed by atoms with Crippen molar-refractivity contribution in [3.8, 4) is 0 Å². The van der Waals surface area contributed by atoms with Gasteiger partial charge in [-0.2, -0.15) is 0 Å². The number of hydrogen-bond donors (Lipinski definition) is 4. The minimum absolute atomic E-state index is 0.0741. The second-order valence-electron chi connectivity index (χ2n) is 4.16. The molecule has 9 heteroatoms. The summed E-state index contributed by atoms with van der Waals surface area (Å²) in [4.78, 5) is 31.6. The quantitative estimate of drug-likeness (QED) is 0.533. The number of carbonyl (C=O) groups excluding carboxylic acids is 2. The Hall–Kier alpha value is -1.89. The van der Waals surface area contributed by atoms with Crippen LogP contribution in [-0.4, -0.2) is 41.2 Å². The molecule has 2 amide bonds. The first-order valence-electron chi connectivity index (χ1n) is 6.06. The Kier molecular flexibility index (Phi) is 6.87. The first kappa shape index (κ1) is 17.2. The van der Waals surface area contributed by atoms with Gasteiger partial charge in [0.2, 0.25) is 13.3 Å². The predicted octanol–water partition coefficient (Wildman–Crippen LogP) is 0.207. The summed E-state index contributed by atoms with van der Waals surface area (Å²) in [5.74, 6) is -0.658. The molecule has 1 rings (SSSR count). The molecule has 0 heterocycles. The molecule has 8 nitrogen and oxygen atoms in total. The number of carbonyl (C=O) groups is 2. The SMILES string of the molecule is O=C(CNC(=O)OCc1ccccc1)NCP(=O)(O)CO. The van der Waals surface area contributed by atoms with Crippen LogP contribution < -0.4 is 10.6 Å². The van der Waals surface area contributed by atoms with Crippen LogP contribution in [0.25, 0.3) is 0 Å². The molecule has 21 heavy (non-hydrogen) atoms. The highest BCUT2D eigenvalue weighted by atomic mass is 31.2. The van der Waals surface area contributed by atoms with Gasteiger partial charge >= 0.3 is 6.09 Å². The Morgan fingerprint density at radius 2 is 1.86 bits per heavy atom. The third-order valence-corrected chi connectivity index (χ3v) is 3.44. The van der Waals surface area contributed by atoms with E-state index in [1.54, 1.807) is 24.3 Å². The van der Waals surface area contributed by atoms with Crippen LogP contribution in [0.4, 0.5) is 4.79 Å². The Morgan fingerprint density at radius 1 is 1.19 bits per heavy atom. The number of nitrogens with one attached hydrogen (secondary N) is 2. The van der Waals surface area contributed by atoms with E-state index in [-0.39, 0.29) is 13.2 Å². The van der Waals surface area contributed by atoms with E-state index < -0.39 is 32.0 Å². The Balaban J connectivity index is 2.21. The average molecular weight is 316 g/mol.